The zero-order chi connectivity index (χ0) is 45.6. The van der Waals surface area contributed by atoms with Crippen LogP contribution in [0.3, 0.4) is 0 Å². The molecular weight excluding hydrogens is 839 g/mol. The first-order chi connectivity index (χ1) is 34.2. The van der Waals surface area contributed by atoms with Gasteiger partial charge in [-0.1, -0.05) is 121 Å². The lowest BCUT2D eigenvalue weighted by molar-refractivity contribution is 0.827. The molecule has 0 saturated carbocycles. The lowest BCUT2D eigenvalue weighted by Gasteiger charge is -2.26. The number of aromatic nitrogens is 3. The maximum absolute atomic E-state index is 2.53. The number of benzene rings is 11. The fraction of sp³-hybridized carbons (Fsp3) is 0.0312. The van der Waals surface area contributed by atoms with Gasteiger partial charge in [0, 0.05) is 84.4 Å². The number of hydrogen-bond donors (Lipinski definition) is 0. The summed E-state index contributed by atoms with van der Waals surface area (Å²) in [6, 6.07) is 88.7. The summed E-state index contributed by atoms with van der Waals surface area (Å²) in [5, 5.41) is 9.96. The van der Waals surface area contributed by atoms with Crippen molar-refractivity contribution in [3.63, 3.8) is 0 Å². The first-order valence-corrected chi connectivity index (χ1v) is 23.9. The standard InChI is InChI=1S/C64H45N5/c1-2-65-61-41-51(66(45-19-7-3-8-20-45)49-33-35-59-55(39-49)53-27-15-17-29-57(53)68(59)47-23-11-5-12-24-47)37-43-31-32-44-38-52(42-62(65)64(44)63(43)61)67(46-21-9-4-10-22-46)50-34-36-60-56(40-50)54-28-16-18-30-58(54)69(60)48-25-13-6-14-26-48/h3-42H,2H2,1H3. The minimum absolute atomic E-state index is 0.818. The maximum Gasteiger partial charge on any atom is 0.0542 e. The molecule has 69 heavy (non-hydrogen) atoms. The van der Waals surface area contributed by atoms with Crippen LogP contribution in [0.5, 0.6) is 0 Å². The third kappa shape index (κ3) is 6.04. The highest BCUT2D eigenvalue weighted by Gasteiger charge is 2.24. The molecule has 0 aliphatic heterocycles. The Morgan fingerprint density at radius 2 is 0.667 bits per heavy atom. The molecule has 0 fully saturated rings. The lowest BCUT2D eigenvalue weighted by Crippen LogP contribution is -2.10. The van der Waals surface area contributed by atoms with Crippen LogP contribution in [0.2, 0.25) is 0 Å². The molecule has 0 N–H and O–H groups in total. The molecule has 0 radical (unpaired) electrons. The van der Waals surface area contributed by atoms with Crippen molar-refractivity contribution in [2.45, 2.75) is 13.5 Å². The van der Waals surface area contributed by atoms with Crippen molar-refractivity contribution in [2.24, 2.45) is 0 Å². The molecule has 0 spiro atoms. The molecule has 326 valence electrons. The molecule has 0 unspecified atom stereocenters. The summed E-state index contributed by atoms with van der Waals surface area (Å²) in [6.45, 7) is 3.10. The van der Waals surface area contributed by atoms with E-state index in [0.29, 0.717) is 0 Å². The summed E-state index contributed by atoms with van der Waals surface area (Å²) < 4.78 is 7.29. The molecule has 5 heteroatoms. The molecule has 0 atom stereocenters. The number of rotatable bonds is 9. The van der Waals surface area contributed by atoms with E-state index in [1.165, 1.54) is 76.2 Å². The summed E-state index contributed by atoms with van der Waals surface area (Å²) in [5.74, 6) is 0. The van der Waals surface area contributed by atoms with Gasteiger partial charge in [0.2, 0.25) is 0 Å². The van der Waals surface area contributed by atoms with Crippen LogP contribution < -0.4 is 9.80 Å². The monoisotopic (exact) mass is 883 g/mol. The molecular formula is C64H45N5. The Morgan fingerprint density at radius 1 is 0.290 bits per heavy atom. The highest BCUT2D eigenvalue weighted by molar-refractivity contribution is 6.25. The van der Waals surface area contributed by atoms with E-state index in [1.54, 1.807) is 0 Å². The molecule has 14 rings (SSSR count). The van der Waals surface area contributed by atoms with Crippen LogP contribution in [0.1, 0.15) is 6.92 Å². The first kappa shape index (κ1) is 39.1. The Balaban J connectivity index is 0.957. The van der Waals surface area contributed by atoms with E-state index >= 15 is 0 Å². The molecule has 3 aromatic heterocycles. The Hall–Kier alpha value is -9.06. The van der Waals surface area contributed by atoms with E-state index in [9.17, 15) is 0 Å². The molecule has 0 aliphatic carbocycles. The van der Waals surface area contributed by atoms with Crippen molar-refractivity contribution in [3.8, 4) is 11.4 Å². The average Bonchev–Trinajstić information content (AvgIpc) is 4.04. The predicted molar refractivity (Wildman–Crippen MR) is 292 cm³/mol. The van der Waals surface area contributed by atoms with Gasteiger partial charge in [-0.3, -0.25) is 0 Å². The fourth-order valence-electron chi connectivity index (χ4n) is 11.4. The SMILES string of the molecule is CCn1c2cc(N(c3ccccc3)c3ccc4c(c3)c3ccccc3n4-c3ccccc3)cc3ccc4cc(N(c5ccccc5)c5ccc6c(c5)c5ccccc5n6-c5ccccc5)cc1c4c32. The lowest BCUT2D eigenvalue weighted by atomic mass is 10.00. The van der Waals surface area contributed by atoms with Gasteiger partial charge >= 0.3 is 0 Å². The van der Waals surface area contributed by atoms with E-state index in [-0.39, 0.29) is 0 Å². The summed E-state index contributed by atoms with van der Waals surface area (Å²) in [4.78, 5) is 4.86. The quantitative estimate of drug-likeness (QED) is 0.135. The van der Waals surface area contributed by atoms with E-state index in [4.69, 9.17) is 0 Å². The number of aryl methyl sites for hydroxylation is 1. The molecule has 0 aliphatic rings. The summed E-state index contributed by atoms with van der Waals surface area (Å²) in [5.41, 5.74) is 16.2. The maximum atomic E-state index is 2.53. The minimum atomic E-state index is 0.818. The second-order valence-electron chi connectivity index (χ2n) is 18.1. The Morgan fingerprint density at radius 3 is 1.09 bits per heavy atom. The van der Waals surface area contributed by atoms with Crippen LogP contribution in [0, 0.1) is 0 Å². The Kier molecular flexibility index (Phi) is 8.80. The zero-order valence-electron chi connectivity index (χ0n) is 38.0. The van der Waals surface area contributed by atoms with Gasteiger partial charge in [0.15, 0.2) is 0 Å². The Bertz CT molecular complexity index is 3950. The molecule has 14 aromatic rings. The van der Waals surface area contributed by atoms with Crippen molar-refractivity contribution >= 4 is 110 Å². The third-order valence-corrected chi connectivity index (χ3v) is 14.3. The van der Waals surface area contributed by atoms with Gasteiger partial charge < -0.3 is 23.5 Å². The van der Waals surface area contributed by atoms with Gasteiger partial charge in [0.25, 0.3) is 0 Å². The van der Waals surface area contributed by atoms with E-state index in [1.807, 2.05) is 0 Å². The van der Waals surface area contributed by atoms with Crippen LogP contribution in [0.4, 0.5) is 34.1 Å². The smallest absolute Gasteiger partial charge is 0.0542 e. The van der Waals surface area contributed by atoms with Gasteiger partial charge in [-0.15, -0.1) is 0 Å². The summed E-state index contributed by atoms with van der Waals surface area (Å²) in [6.07, 6.45) is 0. The normalized spacial score (nSPS) is 11.9. The van der Waals surface area contributed by atoms with Gasteiger partial charge in [0.1, 0.15) is 0 Å². The number of para-hydroxylation sites is 6. The van der Waals surface area contributed by atoms with Gasteiger partial charge in [-0.2, -0.15) is 0 Å². The highest BCUT2D eigenvalue weighted by atomic mass is 15.2. The predicted octanol–water partition coefficient (Wildman–Crippen LogP) is 17.5. The van der Waals surface area contributed by atoms with Crippen LogP contribution >= 0.6 is 0 Å². The zero-order valence-corrected chi connectivity index (χ0v) is 38.0. The number of hydrogen-bond acceptors (Lipinski definition) is 2. The molecule has 0 bridgehead atoms. The second kappa shape index (κ2) is 15.5. The highest BCUT2D eigenvalue weighted by Crippen LogP contribution is 2.47. The molecule has 11 aromatic carbocycles. The molecule has 3 heterocycles. The molecule has 0 amide bonds. The average molecular weight is 884 g/mol. The van der Waals surface area contributed by atoms with E-state index in [0.717, 1.165) is 52.0 Å². The largest absolute Gasteiger partial charge is 0.341 e. The van der Waals surface area contributed by atoms with Gasteiger partial charge in [0.05, 0.1) is 33.1 Å². The third-order valence-electron chi connectivity index (χ3n) is 14.3. The van der Waals surface area contributed by atoms with E-state index in [2.05, 4.69) is 273 Å². The first-order valence-electron chi connectivity index (χ1n) is 23.9. The van der Waals surface area contributed by atoms with Crippen molar-refractivity contribution in [1.29, 1.82) is 0 Å². The van der Waals surface area contributed by atoms with Gasteiger partial charge in [-0.25, -0.2) is 0 Å². The Labute approximate surface area is 399 Å². The summed E-state index contributed by atoms with van der Waals surface area (Å²) in [7, 11) is 0. The van der Waals surface area contributed by atoms with Crippen LogP contribution in [-0.4, -0.2) is 13.7 Å². The van der Waals surface area contributed by atoms with Crippen molar-refractivity contribution < 1.29 is 0 Å². The fourth-order valence-corrected chi connectivity index (χ4v) is 11.4. The summed E-state index contributed by atoms with van der Waals surface area (Å²) >= 11 is 0. The van der Waals surface area contributed by atoms with Gasteiger partial charge in [-0.05, 0) is 139 Å². The van der Waals surface area contributed by atoms with E-state index < -0.39 is 0 Å². The van der Waals surface area contributed by atoms with Crippen LogP contribution in [0.15, 0.2) is 243 Å². The molecule has 5 nitrogen and oxygen atoms in total. The topological polar surface area (TPSA) is 21.3 Å². The molecule has 0 saturated heterocycles. The minimum Gasteiger partial charge on any atom is -0.341 e. The number of anilines is 6. The van der Waals surface area contributed by atoms with Crippen molar-refractivity contribution in [2.75, 3.05) is 9.80 Å². The van der Waals surface area contributed by atoms with Crippen molar-refractivity contribution in [1.82, 2.24) is 13.7 Å². The second-order valence-corrected chi connectivity index (χ2v) is 18.1. The van der Waals surface area contributed by atoms with Crippen LogP contribution in [0.25, 0.3) is 87.6 Å². The number of nitrogens with zero attached hydrogens (tertiary/aromatic N) is 5. The van der Waals surface area contributed by atoms with Crippen molar-refractivity contribution in [3.05, 3.63) is 243 Å². The van der Waals surface area contributed by atoms with Crippen LogP contribution in [-0.2, 0) is 6.54 Å². The number of fused-ring (bicyclic) bond motifs is 6.